The fourth-order valence-electron chi connectivity index (χ4n) is 1.24. The van der Waals surface area contributed by atoms with Crippen LogP contribution in [-0.2, 0) is 6.54 Å². The Morgan fingerprint density at radius 2 is 2.50 bits per heavy atom. The van der Waals surface area contributed by atoms with Gasteiger partial charge in [-0.15, -0.1) is 0 Å². The molecule has 0 bridgehead atoms. The predicted molar refractivity (Wildman–Crippen MR) is 55.4 cm³/mol. The van der Waals surface area contributed by atoms with E-state index in [9.17, 15) is 4.79 Å². The molecule has 0 radical (unpaired) electrons. The molecule has 1 amide bonds. The topological polar surface area (TPSA) is 110 Å². The number of nitrogens with one attached hydrogen (secondary N) is 2. The van der Waals surface area contributed by atoms with Crippen LogP contribution in [0.25, 0.3) is 0 Å². The van der Waals surface area contributed by atoms with Gasteiger partial charge >= 0.3 is 0 Å². The van der Waals surface area contributed by atoms with E-state index in [0.29, 0.717) is 17.1 Å². The smallest absolute Gasteiger partial charge is 0.271 e. The van der Waals surface area contributed by atoms with Gasteiger partial charge in [-0.3, -0.25) is 9.89 Å². The summed E-state index contributed by atoms with van der Waals surface area (Å²) in [6.45, 7) is 2.07. The Bertz CT molecular complexity index is 501. The first kappa shape index (κ1) is 10.2. The summed E-state index contributed by atoms with van der Waals surface area (Å²) in [5, 5.41) is 12.6. The van der Waals surface area contributed by atoms with Crippen LogP contribution < -0.4 is 11.1 Å². The fourth-order valence-corrected chi connectivity index (χ4v) is 1.24. The van der Waals surface area contributed by atoms with E-state index in [1.807, 2.05) is 0 Å². The SMILES string of the molecule is Cc1cc(CNC(=O)c2[nH]ncc2N)no1. The minimum Gasteiger partial charge on any atom is -0.396 e. The van der Waals surface area contributed by atoms with Gasteiger partial charge in [0.05, 0.1) is 18.4 Å². The Morgan fingerprint density at radius 1 is 1.69 bits per heavy atom. The molecular formula is C9H11N5O2. The minimum absolute atomic E-state index is 0.250. The highest BCUT2D eigenvalue weighted by molar-refractivity contribution is 5.96. The average molecular weight is 221 g/mol. The summed E-state index contributed by atoms with van der Waals surface area (Å²) < 4.78 is 4.87. The van der Waals surface area contributed by atoms with Crippen LogP contribution in [0.15, 0.2) is 16.8 Å². The zero-order valence-electron chi connectivity index (χ0n) is 8.65. The molecule has 0 unspecified atom stereocenters. The summed E-state index contributed by atoms with van der Waals surface area (Å²) in [4.78, 5) is 11.6. The lowest BCUT2D eigenvalue weighted by Crippen LogP contribution is -2.24. The van der Waals surface area contributed by atoms with Crippen LogP contribution in [-0.4, -0.2) is 21.3 Å². The van der Waals surface area contributed by atoms with Gasteiger partial charge < -0.3 is 15.6 Å². The molecule has 16 heavy (non-hydrogen) atoms. The van der Waals surface area contributed by atoms with Gasteiger partial charge in [0.2, 0.25) is 0 Å². The molecule has 4 N–H and O–H groups in total. The summed E-state index contributed by atoms with van der Waals surface area (Å²) in [5.74, 6) is 0.376. The first-order valence-corrected chi connectivity index (χ1v) is 4.66. The molecule has 0 aliphatic heterocycles. The van der Waals surface area contributed by atoms with Crippen LogP contribution in [0.1, 0.15) is 21.9 Å². The van der Waals surface area contributed by atoms with Gasteiger partial charge in [-0.05, 0) is 6.92 Å². The molecule has 0 aliphatic rings. The number of anilines is 1. The molecular weight excluding hydrogens is 210 g/mol. The highest BCUT2D eigenvalue weighted by atomic mass is 16.5. The van der Waals surface area contributed by atoms with Gasteiger partial charge in [0.15, 0.2) is 0 Å². The van der Waals surface area contributed by atoms with E-state index < -0.39 is 0 Å². The maximum Gasteiger partial charge on any atom is 0.271 e. The summed E-state index contributed by atoms with van der Waals surface area (Å²) in [6, 6.07) is 1.75. The normalized spacial score (nSPS) is 10.3. The van der Waals surface area contributed by atoms with Crippen molar-refractivity contribution in [3.05, 3.63) is 29.4 Å². The lowest BCUT2D eigenvalue weighted by molar-refractivity contribution is 0.0946. The third-order valence-electron chi connectivity index (χ3n) is 2.00. The summed E-state index contributed by atoms with van der Waals surface area (Å²) in [5.41, 5.74) is 6.75. The van der Waals surface area contributed by atoms with E-state index in [2.05, 4.69) is 20.7 Å². The fraction of sp³-hybridized carbons (Fsp3) is 0.222. The summed E-state index contributed by atoms with van der Waals surface area (Å²) >= 11 is 0. The van der Waals surface area contributed by atoms with Crippen LogP contribution in [0.2, 0.25) is 0 Å². The Kier molecular flexibility index (Phi) is 2.59. The summed E-state index contributed by atoms with van der Waals surface area (Å²) in [7, 11) is 0. The number of nitrogen functional groups attached to an aromatic ring is 1. The Balaban J connectivity index is 1.96. The molecule has 2 rings (SSSR count). The number of hydrogen-bond donors (Lipinski definition) is 3. The van der Waals surface area contributed by atoms with Gasteiger partial charge in [-0.1, -0.05) is 5.16 Å². The maximum atomic E-state index is 11.6. The average Bonchev–Trinajstić information content (AvgIpc) is 2.84. The van der Waals surface area contributed by atoms with Crippen molar-refractivity contribution in [1.29, 1.82) is 0 Å². The van der Waals surface area contributed by atoms with Crippen LogP contribution in [0.5, 0.6) is 0 Å². The van der Waals surface area contributed by atoms with Gasteiger partial charge in [-0.2, -0.15) is 5.10 Å². The highest BCUT2D eigenvalue weighted by Gasteiger charge is 2.11. The van der Waals surface area contributed by atoms with E-state index in [-0.39, 0.29) is 18.1 Å². The first-order valence-electron chi connectivity index (χ1n) is 4.66. The molecule has 0 fully saturated rings. The van der Waals surface area contributed by atoms with Crippen molar-refractivity contribution in [2.24, 2.45) is 0 Å². The Morgan fingerprint density at radius 3 is 3.06 bits per heavy atom. The van der Waals surface area contributed by atoms with Crippen molar-refractivity contribution in [1.82, 2.24) is 20.7 Å². The zero-order valence-corrected chi connectivity index (χ0v) is 8.65. The number of H-pyrrole nitrogens is 1. The molecule has 84 valence electrons. The number of nitrogens with two attached hydrogens (primary N) is 1. The number of aryl methyl sites for hydroxylation is 1. The standard InChI is InChI=1S/C9H11N5O2/c1-5-2-6(14-16-5)3-11-9(15)8-7(10)4-12-13-8/h2,4H,3,10H2,1H3,(H,11,15)(H,12,13). The van der Waals surface area contributed by atoms with Gasteiger partial charge in [0.1, 0.15) is 17.1 Å². The van der Waals surface area contributed by atoms with Gasteiger partial charge in [0, 0.05) is 6.07 Å². The van der Waals surface area contributed by atoms with Crippen molar-refractivity contribution >= 4 is 11.6 Å². The van der Waals surface area contributed by atoms with Crippen molar-refractivity contribution < 1.29 is 9.32 Å². The lowest BCUT2D eigenvalue weighted by Gasteiger charge is -2.00. The maximum absolute atomic E-state index is 11.6. The molecule has 0 spiro atoms. The van der Waals surface area contributed by atoms with Crippen LogP contribution >= 0.6 is 0 Å². The van der Waals surface area contributed by atoms with Gasteiger partial charge in [-0.25, -0.2) is 0 Å². The number of hydrogen-bond acceptors (Lipinski definition) is 5. The lowest BCUT2D eigenvalue weighted by atomic mass is 10.3. The van der Waals surface area contributed by atoms with Gasteiger partial charge in [0.25, 0.3) is 5.91 Å². The predicted octanol–water partition coefficient (Wildman–Crippen LogP) is 0.218. The van der Waals surface area contributed by atoms with E-state index >= 15 is 0 Å². The van der Waals surface area contributed by atoms with Crippen molar-refractivity contribution in [3.8, 4) is 0 Å². The molecule has 0 atom stereocenters. The van der Waals surface area contributed by atoms with Crippen LogP contribution in [0, 0.1) is 6.92 Å². The van der Waals surface area contributed by atoms with Crippen LogP contribution in [0.4, 0.5) is 5.69 Å². The number of carbonyl (C=O) groups is 1. The molecule has 0 aromatic carbocycles. The quantitative estimate of drug-likeness (QED) is 0.686. The molecule has 2 aromatic heterocycles. The second kappa shape index (κ2) is 4.05. The van der Waals surface area contributed by atoms with E-state index in [0.717, 1.165) is 0 Å². The van der Waals surface area contributed by atoms with E-state index in [1.165, 1.54) is 6.20 Å². The summed E-state index contributed by atoms with van der Waals surface area (Å²) in [6.07, 6.45) is 1.38. The monoisotopic (exact) mass is 221 g/mol. The number of rotatable bonds is 3. The van der Waals surface area contributed by atoms with Crippen LogP contribution in [0.3, 0.4) is 0 Å². The zero-order chi connectivity index (χ0) is 11.5. The van der Waals surface area contributed by atoms with E-state index in [1.54, 1.807) is 13.0 Å². The van der Waals surface area contributed by atoms with Crippen molar-refractivity contribution in [3.63, 3.8) is 0 Å². The second-order valence-electron chi connectivity index (χ2n) is 3.31. The number of aromatic nitrogens is 3. The number of aromatic amines is 1. The first-order chi connectivity index (χ1) is 7.66. The van der Waals surface area contributed by atoms with E-state index in [4.69, 9.17) is 10.3 Å². The minimum atomic E-state index is -0.323. The largest absolute Gasteiger partial charge is 0.396 e. The third kappa shape index (κ3) is 2.02. The molecule has 2 aromatic rings. The molecule has 0 saturated heterocycles. The number of carbonyl (C=O) groups excluding carboxylic acids is 1. The molecule has 0 saturated carbocycles. The molecule has 2 heterocycles. The molecule has 7 nitrogen and oxygen atoms in total. The van der Waals surface area contributed by atoms with Crippen molar-refractivity contribution in [2.75, 3.05) is 5.73 Å². The Hall–Kier alpha value is -2.31. The number of amides is 1. The Labute approximate surface area is 91.0 Å². The second-order valence-corrected chi connectivity index (χ2v) is 3.31. The van der Waals surface area contributed by atoms with Crippen molar-refractivity contribution in [2.45, 2.75) is 13.5 Å². The molecule has 0 aliphatic carbocycles. The number of nitrogens with zero attached hydrogens (tertiary/aromatic N) is 2. The molecule has 7 heteroatoms. The third-order valence-corrected chi connectivity index (χ3v) is 2.00. The highest BCUT2D eigenvalue weighted by Crippen LogP contribution is 2.06.